The molecule has 3 aromatic rings. The number of nitrogens with zero attached hydrogens (tertiary/aromatic N) is 3. The fourth-order valence-corrected chi connectivity index (χ4v) is 3.11. The second kappa shape index (κ2) is 7.38. The molecule has 0 spiro atoms. The van der Waals surface area contributed by atoms with Crippen molar-refractivity contribution in [3.8, 4) is 0 Å². The van der Waals surface area contributed by atoms with E-state index in [2.05, 4.69) is 20.3 Å². The molecule has 0 bridgehead atoms. The summed E-state index contributed by atoms with van der Waals surface area (Å²) in [6, 6.07) is 3.17. The van der Waals surface area contributed by atoms with E-state index in [1.54, 1.807) is 0 Å². The van der Waals surface area contributed by atoms with Gasteiger partial charge in [-0.05, 0) is 23.8 Å². The fraction of sp³-hybridized carbons (Fsp3) is 0.125. The molecular formula is C16H10ClF3N4OS. The lowest BCUT2D eigenvalue weighted by atomic mass is 10.1. The molecule has 0 saturated carbocycles. The topological polar surface area (TPSA) is 67.8 Å². The maximum absolute atomic E-state index is 12.8. The molecule has 0 saturated heterocycles. The molecule has 0 aliphatic heterocycles. The van der Waals surface area contributed by atoms with E-state index in [4.69, 9.17) is 11.6 Å². The minimum atomic E-state index is -4.44. The predicted molar refractivity (Wildman–Crippen MR) is 91.4 cm³/mol. The van der Waals surface area contributed by atoms with Crippen molar-refractivity contribution in [1.82, 2.24) is 15.0 Å². The summed E-state index contributed by atoms with van der Waals surface area (Å²) in [6.07, 6.45) is 1.35. The Bertz CT molecular complexity index is 931. The number of halogens is 4. The smallest absolute Gasteiger partial charge is 0.296 e. The van der Waals surface area contributed by atoms with Crippen LogP contribution in [0.1, 0.15) is 26.5 Å². The lowest BCUT2D eigenvalue weighted by Gasteiger charge is -2.09. The van der Waals surface area contributed by atoms with Gasteiger partial charge in [0, 0.05) is 34.9 Å². The molecule has 2 heterocycles. The first-order chi connectivity index (χ1) is 12.3. The summed E-state index contributed by atoms with van der Waals surface area (Å²) in [5.74, 6) is -0.476. The summed E-state index contributed by atoms with van der Waals surface area (Å²) in [4.78, 5) is 24.4. The first-order valence-electron chi connectivity index (χ1n) is 7.20. The summed E-state index contributed by atoms with van der Waals surface area (Å²) in [5.41, 5.74) is -0.306. The van der Waals surface area contributed by atoms with Crippen molar-refractivity contribution >= 4 is 34.0 Å². The Hall–Kier alpha value is -2.52. The molecule has 3 rings (SSSR count). The average molecular weight is 399 g/mol. The summed E-state index contributed by atoms with van der Waals surface area (Å²) in [5, 5.41) is 3.10. The zero-order valence-corrected chi connectivity index (χ0v) is 14.5. The van der Waals surface area contributed by atoms with Crippen molar-refractivity contribution in [2.24, 2.45) is 0 Å². The minimum absolute atomic E-state index is 0.130. The molecule has 134 valence electrons. The van der Waals surface area contributed by atoms with Gasteiger partial charge in [0.25, 0.3) is 5.91 Å². The first kappa shape index (κ1) is 18.3. The van der Waals surface area contributed by atoms with Crippen molar-refractivity contribution in [1.29, 1.82) is 0 Å². The van der Waals surface area contributed by atoms with E-state index in [1.165, 1.54) is 30.9 Å². The van der Waals surface area contributed by atoms with E-state index >= 15 is 0 Å². The number of benzene rings is 1. The van der Waals surface area contributed by atoms with Crippen LogP contribution in [0.5, 0.6) is 0 Å². The van der Waals surface area contributed by atoms with E-state index in [0.29, 0.717) is 15.6 Å². The number of amides is 1. The van der Waals surface area contributed by atoms with E-state index in [1.807, 2.05) is 0 Å². The largest absolute Gasteiger partial charge is 0.416 e. The molecule has 1 amide bonds. The molecule has 2 aromatic heterocycles. The van der Waals surface area contributed by atoms with Gasteiger partial charge in [0.05, 0.1) is 11.8 Å². The van der Waals surface area contributed by atoms with Crippen LogP contribution in [0.25, 0.3) is 0 Å². The maximum atomic E-state index is 12.8. The highest BCUT2D eigenvalue weighted by atomic mass is 35.5. The number of carbonyl (C=O) groups is 1. The molecule has 1 aromatic carbocycles. The SMILES string of the molecule is O=C(Nc1ncc(Cc2cc(C(F)(F)F)ccc2Cl)s1)c1cnccn1. The third-order valence-electron chi connectivity index (χ3n) is 3.31. The molecule has 0 atom stereocenters. The Kier molecular flexibility index (Phi) is 5.19. The zero-order chi connectivity index (χ0) is 18.7. The van der Waals surface area contributed by atoms with Crippen LogP contribution in [-0.4, -0.2) is 20.9 Å². The average Bonchev–Trinajstić information content (AvgIpc) is 3.03. The second-order valence-corrected chi connectivity index (χ2v) is 6.68. The van der Waals surface area contributed by atoms with Crippen molar-refractivity contribution < 1.29 is 18.0 Å². The Labute approximate surface area is 154 Å². The van der Waals surface area contributed by atoms with Gasteiger partial charge in [-0.15, -0.1) is 11.3 Å². The molecule has 5 nitrogen and oxygen atoms in total. The maximum Gasteiger partial charge on any atom is 0.416 e. The number of aromatic nitrogens is 3. The molecule has 0 aliphatic rings. The molecular weight excluding hydrogens is 389 g/mol. The Morgan fingerprint density at radius 2 is 2.00 bits per heavy atom. The quantitative estimate of drug-likeness (QED) is 0.705. The van der Waals surface area contributed by atoms with E-state index < -0.39 is 17.6 Å². The number of alkyl halides is 3. The van der Waals surface area contributed by atoms with E-state index in [-0.39, 0.29) is 17.1 Å². The van der Waals surface area contributed by atoms with E-state index in [9.17, 15) is 18.0 Å². The monoisotopic (exact) mass is 398 g/mol. The molecule has 0 fully saturated rings. The van der Waals surface area contributed by atoms with Crippen LogP contribution >= 0.6 is 22.9 Å². The number of thiazole rings is 1. The van der Waals surface area contributed by atoms with Gasteiger partial charge in [-0.1, -0.05) is 11.6 Å². The van der Waals surface area contributed by atoms with Crippen LogP contribution < -0.4 is 5.32 Å². The lowest BCUT2D eigenvalue weighted by Crippen LogP contribution is -2.13. The highest BCUT2D eigenvalue weighted by Crippen LogP contribution is 2.33. The van der Waals surface area contributed by atoms with Crippen LogP contribution in [0.4, 0.5) is 18.3 Å². The number of rotatable bonds is 4. The standard InChI is InChI=1S/C16H10ClF3N4OS/c17-12-2-1-10(16(18,19)20)5-9(12)6-11-7-23-15(26-11)24-14(25)13-8-21-3-4-22-13/h1-5,7-8H,6H2,(H,23,24,25). The van der Waals surface area contributed by atoms with Gasteiger partial charge < -0.3 is 0 Å². The predicted octanol–water partition coefficient (Wildman–Crippen LogP) is 4.45. The van der Waals surface area contributed by atoms with Gasteiger partial charge >= 0.3 is 6.18 Å². The summed E-state index contributed by atoms with van der Waals surface area (Å²) < 4.78 is 38.5. The van der Waals surface area contributed by atoms with Crippen molar-refractivity contribution in [2.75, 3.05) is 5.32 Å². The van der Waals surface area contributed by atoms with E-state index in [0.717, 1.165) is 23.5 Å². The van der Waals surface area contributed by atoms with Gasteiger partial charge in [-0.25, -0.2) is 9.97 Å². The summed E-state index contributed by atoms with van der Waals surface area (Å²) in [6.45, 7) is 0. The fourth-order valence-electron chi connectivity index (χ4n) is 2.10. The molecule has 26 heavy (non-hydrogen) atoms. The number of hydrogen-bond donors (Lipinski definition) is 1. The molecule has 1 N–H and O–H groups in total. The van der Waals surface area contributed by atoms with Gasteiger partial charge in [-0.3, -0.25) is 15.1 Å². The lowest BCUT2D eigenvalue weighted by molar-refractivity contribution is -0.137. The highest BCUT2D eigenvalue weighted by molar-refractivity contribution is 7.15. The van der Waals surface area contributed by atoms with Gasteiger partial charge in [-0.2, -0.15) is 13.2 Å². The third-order valence-corrected chi connectivity index (χ3v) is 4.59. The zero-order valence-electron chi connectivity index (χ0n) is 12.9. The van der Waals surface area contributed by atoms with Crippen LogP contribution in [0.2, 0.25) is 5.02 Å². The minimum Gasteiger partial charge on any atom is -0.296 e. The summed E-state index contributed by atoms with van der Waals surface area (Å²) in [7, 11) is 0. The van der Waals surface area contributed by atoms with Crippen LogP contribution in [0, 0.1) is 0 Å². The first-order valence-corrected chi connectivity index (χ1v) is 8.40. The van der Waals surface area contributed by atoms with Crippen molar-refractivity contribution in [3.05, 3.63) is 69.7 Å². The van der Waals surface area contributed by atoms with Gasteiger partial charge in [0.1, 0.15) is 5.69 Å². The van der Waals surface area contributed by atoms with Gasteiger partial charge in [0.15, 0.2) is 5.13 Å². The highest BCUT2D eigenvalue weighted by Gasteiger charge is 2.30. The van der Waals surface area contributed by atoms with Crippen molar-refractivity contribution in [3.63, 3.8) is 0 Å². The summed E-state index contributed by atoms with van der Waals surface area (Å²) >= 11 is 7.14. The number of anilines is 1. The van der Waals surface area contributed by atoms with Crippen LogP contribution in [0.3, 0.4) is 0 Å². The molecule has 0 unspecified atom stereocenters. The molecule has 10 heteroatoms. The van der Waals surface area contributed by atoms with Crippen molar-refractivity contribution in [2.45, 2.75) is 12.6 Å². The Morgan fingerprint density at radius 1 is 1.19 bits per heavy atom. The second-order valence-electron chi connectivity index (χ2n) is 5.16. The number of hydrogen-bond acceptors (Lipinski definition) is 5. The van der Waals surface area contributed by atoms with Crippen LogP contribution in [-0.2, 0) is 12.6 Å². The number of carbonyl (C=O) groups excluding carboxylic acids is 1. The number of nitrogens with one attached hydrogen (secondary N) is 1. The third kappa shape index (κ3) is 4.36. The Morgan fingerprint density at radius 3 is 2.69 bits per heavy atom. The molecule has 0 aliphatic carbocycles. The van der Waals surface area contributed by atoms with Crippen LogP contribution in [0.15, 0.2) is 43.0 Å². The normalized spacial score (nSPS) is 11.4. The van der Waals surface area contributed by atoms with Gasteiger partial charge in [0.2, 0.25) is 0 Å². The molecule has 0 radical (unpaired) electrons. The Balaban J connectivity index is 1.74.